The molecule has 0 unspecified atom stereocenters. The fraction of sp³-hybridized carbons (Fsp3) is 0.583. The second-order valence-electron chi connectivity index (χ2n) is 4.24. The Bertz CT molecular complexity index is 441. The number of aliphatic carboxylic acids is 2. The zero-order valence-corrected chi connectivity index (χ0v) is 11.4. The standard InChI is InChI=1S/C12H18N2O6/c1-3-12(4-2)11(13)14(5-6-19-12)20-8(10(17)18)7-9(15)16/h7,13H,3-6H2,1-2H3,(H,15,16)(H,17,18). The molecule has 20 heavy (non-hydrogen) atoms. The summed E-state index contributed by atoms with van der Waals surface area (Å²) in [5, 5.41) is 26.7. The van der Waals surface area contributed by atoms with E-state index in [1.165, 1.54) is 0 Å². The fourth-order valence-corrected chi connectivity index (χ4v) is 1.97. The largest absolute Gasteiger partial charge is 0.478 e. The number of carbonyl (C=O) groups is 2. The molecule has 1 saturated heterocycles. The van der Waals surface area contributed by atoms with Gasteiger partial charge in [0.25, 0.3) is 0 Å². The molecular formula is C12H18N2O6. The monoisotopic (exact) mass is 286 g/mol. The van der Waals surface area contributed by atoms with E-state index in [4.69, 9.17) is 25.2 Å². The minimum atomic E-state index is -1.51. The molecule has 0 aromatic carbocycles. The molecule has 1 aliphatic heterocycles. The third kappa shape index (κ3) is 3.27. The van der Waals surface area contributed by atoms with Crippen LogP contribution in [-0.4, -0.2) is 51.8 Å². The number of ether oxygens (including phenoxy) is 1. The van der Waals surface area contributed by atoms with Crippen molar-refractivity contribution >= 4 is 17.8 Å². The van der Waals surface area contributed by atoms with Crippen molar-refractivity contribution in [3.8, 4) is 0 Å². The van der Waals surface area contributed by atoms with Crippen molar-refractivity contribution in [2.45, 2.75) is 32.3 Å². The third-order valence-corrected chi connectivity index (χ3v) is 3.17. The Morgan fingerprint density at radius 1 is 1.45 bits per heavy atom. The highest BCUT2D eigenvalue weighted by Crippen LogP contribution is 2.28. The molecule has 0 spiro atoms. The van der Waals surface area contributed by atoms with Gasteiger partial charge in [0, 0.05) is 0 Å². The maximum Gasteiger partial charge on any atom is 0.374 e. The number of amidine groups is 1. The van der Waals surface area contributed by atoms with Crippen LogP contribution in [0.2, 0.25) is 0 Å². The Labute approximate surface area is 116 Å². The van der Waals surface area contributed by atoms with Gasteiger partial charge in [-0.05, 0) is 12.8 Å². The number of carboxylic acids is 2. The van der Waals surface area contributed by atoms with Crippen molar-refractivity contribution < 1.29 is 29.4 Å². The van der Waals surface area contributed by atoms with Crippen molar-refractivity contribution in [1.82, 2.24) is 5.06 Å². The predicted molar refractivity (Wildman–Crippen MR) is 68.1 cm³/mol. The molecular weight excluding hydrogens is 268 g/mol. The molecule has 0 bridgehead atoms. The van der Waals surface area contributed by atoms with E-state index in [-0.39, 0.29) is 19.0 Å². The van der Waals surface area contributed by atoms with Crippen molar-refractivity contribution in [3.05, 3.63) is 11.8 Å². The molecule has 0 radical (unpaired) electrons. The van der Waals surface area contributed by atoms with E-state index in [9.17, 15) is 9.59 Å². The highest BCUT2D eigenvalue weighted by atomic mass is 16.7. The molecule has 0 aromatic rings. The summed E-state index contributed by atoms with van der Waals surface area (Å²) in [7, 11) is 0. The van der Waals surface area contributed by atoms with Crippen LogP contribution >= 0.6 is 0 Å². The molecule has 0 aliphatic carbocycles. The fourth-order valence-electron chi connectivity index (χ4n) is 1.97. The van der Waals surface area contributed by atoms with E-state index in [0.717, 1.165) is 5.06 Å². The molecule has 0 atom stereocenters. The number of hydroxylamine groups is 2. The molecule has 0 saturated carbocycles. The lowest BCUT2D eigenvalue weighted by atomic mass is 9.94. The first-order valence-corrected chi connectivity index (χ1v) is 6.22. The summed E-state index contributed by atoms with van der Waals surface area (Å²) in [6.45, 7) is 4.13. The first-order valence-electron chi connectivity index (χ1n) is 6.22. The van der Waals surface area contributed by atoms with Gasteiger partial charge in [0.15, 0.2) is 5.84 Å². The second-order valence-corrected chi connectivity index (χ2v) is 4.24. The lowest BCUT2D eigenvalue weighted by molar-refractivity contribution is -0.159. The van der Waals surface area contributed by atoms with E-state index >= 15 is 0 Å². The normalized spacial score (nSPS) is 18.8. The van der Waals surface area contributed by atoms with E-state index in [1.54, 1.807) is 0 Å². The number of rotatable bonds is 6. The summed E-state index contributed by atoms with van der Waals surface area (Å²) >= 11 is 0. The van der Waals surface area contributed by atoms with E-state index < -0.39 is 23.3 Å². The first-order chi connectivity index (χ1) is 9.36. The molecule has 1 heterocycles. The maximum absolute atomic E-state index is 10.9. The average Bonchev–Trinajstić information content (AvgIpc) is 2.40. The first kappa shape index (κ1) is 16.0. The Morgan fingerprint density at radius 2 is 2.05 bits per heavy atom. The molecule has 112 valence electrons. The molecule has 1 fully saturated rings. The smallest absolute Gasteiger partial charge is 0.374 e. The summed E-state index contributed by atoms with van der Waals surface area (Å²) in [6, 6.07) is 0. The van der Waals surface area contributed by atoms with Crippen molar-refractivity contribution in [2.24, 2.45) is 0 Å². The van der Waals surface area contributed by atoms with Crippen LogP contribution in [0.1, 0.15) is 26.7 Å². The summed E-state index contributed by atoms with van der Waals surface area (Å²) < 4.78 is 5.60. The number of hydrogen-bond acceptors (Lipinski definition) is 5. The van der Waals surface area contributed by atoms with Crippen LogP contribution in [0, 0.1) is 5.41 Å². The van der Waals surface area contributed by atoms with Crippen molar-refractivity contribution in [1.29, 1.82) is 5.41 Å². The van der Waals surface area contributed by atoms with Gasteiger partial charge in [-0.2, -0.15) is 5.06 Å². The minimum absolute atomic E-state index is 0.00807. The topological polar surface area (TPSA) is 120 Å². The number of hydrogen-bond donors (Lipinski definition) is 3. The van der Waals surface area contributed by atoms with E-state index in [1.807, 2.05) is 13.8 Å². The second kappa shape index (κ2) is 6.38. The number of carboxylic acid groups (broad SMARTS) is 2. The van der Waals surface area contributed by atoms with Gasteiger partial charge in [-0.1, -0.05) is 13.8 Å². The molecule has 0 amide bonds. The predicted octanol–water partition coefficient (Wildman–Crippen LogP) is 0.839. The van der Waals surface area contributed by atoms with Crippen LogP contribution in [0.25, 0.3) is 0 Å². The molecule has 3 N–H and O–H groups in total. The Hall–Kier alpha value is -2.09. The molecule has 0 aromatic heterocycles. The highest BCUT2D eigenvalue weighted by Gasteiger charge is 2.41. The zero-order chi connectivity index (χ0) is 15.3. The zero-order valence-electron chi connectivity index (χ0n) is 11.4. The Morgan fingerprint density at radius 3 is 2.50 bits per heavy atom. The van der Waals surface area contributed by atoms with Gasteiger partial charge in [0.2, 0.25) is 5.76 Å². The van der Waals surface area contributed by atoms with E-state index in [2.05, 4.69) is 0 Å². The van der Waals surface area contributed by atoms with Gasteiger partial charge in [0.05, 0.1) is 19.2 Å². The lowest BCUT2D eigenvalue weighted by Crippen LogP contribution is -2.55. The third-order valence-electron chi connectivity index (χ3n) is 3.17. The summed E-state index contributed by atoms with van der Waals surface area (Å²) in [5.74, 6) is -3.69. The molecule has 8 nitrogen and oxygen atoms in total. The lowest BCUT2D eigenvalue weighted by Gasteiger charge is -2.41. The Kier molecular flexibility index (Phi) is 5.09. The SMILES string of the molecule is CCC1(CC)OCCN(OC(=CC(=O)O)C(=O)O)C1=N. The molecule has 8 heteroatoms. The quantitative estimate of drug-likeness (QED) is 0.488. The molecule has 1 rings (SSSR count). The molecule has 1 aliphatic rings. The van der Waals surface area contributed by atoms with Gasteiger partial charge in [-0.3, -0.25) is 5.41 Å². The van der Waals surface area contributed by atoms with Gasteiger partial charge in [-0.15, -0.1) is 0 Å². The summed E-state index contributed by atoms with van der Waals surface area (Å²) in [6.07, 6.45) is 1.52. The number of morpholine rings is 1. The van der Waals surface area contributed by atoms with Gasteiger partial charge >= 0.3 is 11.9 Å². The van der Waals surface area contributed by atoms with Gasteiger partial charge in [-0.25, -0.2) is 9.59 Å². The average molecular weight is 286 g/mol. The van der Waals surface area contributed by atoms with Gasteiger partial charge < -0.3 is 19.8 Å². The van der Waals surface area contributed by atoms with E-state index in [0.29, 0.717) is 18.9 Å². The van der Waals surface area contributed by atoms with Crippen LogP contribution in [-0.2, 0) is 19.2 Å². The van der Waals surface area contributed by atoms with Crippen LogP contribution in [0.5, 0.6) is 0 Å². The van der Waals surface area contributed by atoms with Crippen LogP contribution in [0.4, 0.5) is 0 Å². The Balaban J connectivity index is 2.93. The van der Waals surface area contributed by atoms with Crippen molar-refractivity contribution in [3.63, 3.8) is 0 Å². The number of nitrogens with zero attached hydrogens (tertiary/aromatic N) is 1. The highest BCUT2D eigenvalue weighted by molar-refractivity contribution is 5.93. The number of nitrogens with one attached hydrogen (secondary N) is 1. The maximum atomic E-state index is 10.9. The van der Waals surface area contributed by atoms with Crippen LogP contribution in [0.3, 0.4) is 0 Å². The van der Waals surface area contributed by atoms with Gasteiger partial charge in [0.1, 0.15) is 5.60 Å². The van der Waals surface area contributed by atoms with Crippen LogP contribution in [0.15, 0.2) is 11.8 Å². The van der Waals surface area contributed by atoms with Crippen molar-refractivity contribution in [2.75, 3.05) is 13.2 Å². The minimum Gasteiger partial charge on any atom is -0.478 e. The van der Waals surface area contributed by atoms with Crippen LogP contribution < -0.4 is 0 Å². The summed E-state index contributed by atoms with van der Waals surface area (Å²) in [5.41, 5.74) is -0.828. The summed E-state index contributed by atoms with van der Waals surface area (Å²) in [4.78, 5) is 26.5.